The van der Waals surface area contributed by atoms with Gasteiger partial charge in [-0.05, 0) is 74.2 Å². The lowest BCUT2D eigenvalue weighted by molar-refractivity contribution is 0.0937. The summed E-state index contributed by atoms with van der Waals surface area (Å²) in [4.78, 5) is 59.7. The second-order valence-electron chi connectivity index (χ2n) is 14.5. The highest BCUT2D eigenvalue weighted by molar-refractivity contribution is 5.99. The van der Waals surface area contributed by atoms with Crippen molar-refractivity contribution in [3.8, 4) is 0 Å². The molecule has 2 amide bonds. The van der Waals surface area contributed by atoms with E-state index in [-0.39, 0.29) is 40.8 Å². The Balaban J connectivity index is 0.000000189. The van der Waals surface area contributed by atoms with Crippen LogP contribution in [-0.2, 0) is 0 Å². The molecule has 6 aromatic rings. The Labute approximate surface area is 330 Å². The van der Waals surface area contributed by atoms with Crippen LogP contribution in [0, 0.1) is 0 Å². The fourth-order valence-electron chi connectivity index (χ4n) is 7.93. The molecule has 10 N–H and O–H groups in total. The normalized spacial score (nSPS) is 15.4. The highest BCUT2D eigenvalue weighted by Gasteiger charge is 2.25. The van der Waals surface area contributed by atoms with Gasteiger partial charge >= 0.3 is 11.4 Å². The van der Waals surface area contributed by atoms with Crippen molar-refractivity contribution in [1.82, 2.24) is 39.5 Å². The number of hydrogen-bond acceptors (Lipinski definition) is 8. The molecule has 4 aromatic carbocycles. The average Bonchev–Trinajstić information content (AvgIpc) is 3.74. The van der Waals surface area contributed by atoms with Crippen molar-refractivity contribution in [2.45, 2.75) is 37.8 Å². The van der Waals surface area contributed by atoms with Gasteiger partial charge < -0.3 is 47.3 Å². The molecule has 15 nitrogen and oxygen atoms in total. The Morgan fingerprint density at radius 3 is 1.30 bits per heavy atom. The highest BCUT2D eigenvalue weighted by atomic mass is 16.2. The van der Waals surface area contributed by atoms with Gasteiger partial charge in [-0.15, -0.1) is 0 Å². The van der Waals surface area contributed by atoms with Crippen molar-refractivity contribution in [1.29, 1.82) is 0 Å². The molecule has 0 unspecified atom stereocenters. The van der Waals surface area contributed by atoms with Crippen molar-refractivity contribution in [3.05, 3.63) is 129 Å². The third-order valence-electron chi connectivity index (χ3n) is 10.9. The van der Waals surface area contributed by atoms with Crippen LogP contribution in [0.3, 0.4) is 0 Å². The Morgan fingerprint density at radius 1 is 0.561 bits per heavy atom. The van der Waals surface area contributed by atoms with Gasteiger partial charge in [-0.2, -0.15) is 0 Å². The van der Waals surface area contributed by atoms with E-state index in [2.05, 4.69) is 30.4 Å². The lowest BCUT2D eigenvalue weighted by Gasteiger charge is -2.32. The van der Waals surface area contributed by atoms with Crippen LogP contribution in [0.5, 0.6) is 0 Å². The van der Waals surface area contributed by atoms with E-state index in [0.717, 1.165) is 87.0 Å². The first kappa shape index (κ1) is 40.5. The number of rotatable bonds is 10. The molecule has 2 fully saturated rings. The van der Waals surface area contributed by atoms with E-state index in [1.807, 2.05) is 81.9 Å². The molecule has 0 spiro atoms. The molecule has 15 heteroatoms. The molecule has 0 radical (unpaired) electrons. The molecule has 57 heavy (non-hydrogen) atoms. The number of aromatic nitrogens is 4. The summed E-state index contributed by atoms with van der Waals surface area (Å²) in [5.74, 6) is -0.281. The lowest BCUT2D eigenvalue weighted by atomic mass is 10.0. The second-order valence-corrected chi connectivity index (χ2v) is 14.5. The summed E-state index contributed by atoms with van der Waals surface area (Å²) in [5, 5.41) is 5.88. The van der Waals surface area contributed by atoms with Gasteiger partial charge in [-0.25, -0.2) is 9.59 Å². The van der Waals surface area contributed by atoms with Gasteiger partial charge in [-0.3, -0.25) is 18.7 Å². The molecule has 2 aromatic heterocycles. The summed E-state index contributed by atoms with van der Waals surface area (Å²) in [6, 6.07) is 30.2. The second kappa shape index (κ2) is 18.7. The van der Waals surface area contributed by atoms with Gasteiger partial charge in [0.15, 0.2) is 0 Å². The van der Waals surface area contributed by atoms with Gasteiger partial charge in [0, 0.05) is 75.8 Å². The zero-order chi connectivity index (χ0) is 39.0. The monoisotopic (exact) mass is 776 g/mol. The van der Waals surface area contributed by atoms with Crippen molar-refractivity contribution in [3.63, 3.8) is 0 Å². The van der Waals surface area contributed by atoms with Crippen LogP contribution in [0.4, 0.5) is 11.4 Å². The number of hydrogen-bond donors (Lipinski definition) is 6. The molecular formula is C42H52N10O5. The van der Waals surface area contributed by atoms with Gasteiger partial charge in [0.25, 0.3) is 11.8 Å². The maximum Gasteiger partial charge on any atom is 0.326 e. The Kier molecular flexibility index (Phi) is 13.3. The largest absolute Gasteiger partial charge is 0.412 e. The first-order valence-electron chi connectivity index (χ1n) is 19.4. The summed E-state index contributed by atoms with van der Waals surface area (Å²) < 4.78 is 3.79. The molecule has 300 valence electrons. The number of nitrogens with one attached hydrogen (secondary N) is 4. The minimum Gasteiger partial charge on any atom is -0.412 e. The van der Waals surface area contributed by atoms with Crippen LogP contribution in [0.1, 0.15) is 58.5 Å². The number of nitrogens with two attached hydrogens (primary N) is 2. The number of piperidine rings is 2. The number of nitrogen functional groups attached to an aromatic ring is 2. The molecule has 2 aliphatic rings. The third kappa shape index (κ3) is 9.45. The highest BCUT2D eigenvalue weighted by Crippen LogP contribution is 2.26. The Hall–Kier alpha value is -6.16. The summed E-state index contributed by atoms with van der Waals surface area (Å²) in [6.07, 6.45) is 3.67. The van der Waals surface area contributed by atoms with Crippen LogP contribution in [0.2, 0.25) is 0 Å². The lowest BCUT2D eigenvalue weighted by Crippen LogP contribution is -2.41. The first-order chi connectivity index (χ1) is 27.3. The number of anilines is 2. The van der Waals surface area contributed by atoms with Crippen LogP contribution in [0.25, 0.3) is 22.1 Å². The van der Waals surface area contributed by atoms with E-state index < -0.39 is 0 Å². The van der Waals surface area contributed by atoms with E-state index >= 15 is 0 Å². The SMILES string of the molecule is Nc1ccccc1C(=O)NCCN1CCC(n2c(=O)[nH]c3ccccc32)CC1.Nc1ccccc1C(=O)NCCN1CCC(n2c(=O)[nH]c3ccccc32)CC1.O. The van der Waals surface area contributed by atoms with Crippen LogP contribution in [0.15, 0.2) is 107 Å². The Morgan fingerprint density at radius 2 is 0.912 bits per heavy atom. The van der Waals surface area contributed by atoms with Crippen molar-refractivity contribution < 1.29 is 15.1 Å². The molecule has 0 atom stereocenters. The quantitative estimate of drug-likeness (QED) is 0.113. The molecule has 0 bridgehead atoms. The number of likely N-dealkylation sites (tertiary alicyclic amines) is 2. The number of fused-ring (bicyclic) bond motifs is 2. The zero-order valence-electron chi connectivity index (χ0n) is 32.0. The number of imidazole rings is 2. The topological polar surface area (TPSA) is 224 Å². The smallest absolute Gasteiger partial charge is 0.326 e. The van der Waals surface area contributed by atoms with E-state index in [1.165, 1.54) is 0 Å². The maximum atomic E-state index is 12.4. The van der Waals surface area contributed by atoms with E-state index in [0.29, 0.717) is 35.6 Å². The van der Waals surface area contributed by atoms with Crippen LogP contribution >= 0.6 is 0 Å². The number of aromatic amines is 2. The molecule has 2 saturated heterocycles. The zero-order valence-corrected chi connectivity index (χ0v) is 32.0. The van der Waals surface area contributed by atoms with E-state index in [1.54, 1.807) is 24.3 Å². The predicted molar refractivity (Wildman–Crippen MR) is 225 cm³/mol. The van der Waals surface area contributed by atoms with Crippen LogP contribution in [-0.4, -0.2) is 98.6 Å². The van der Waals surface area contributed by atoms with E-state index in [4.69, 9.17) is 11.5 Å². The summed E-state index contributed by atoms with van der Waals surface area (Å²) in [6.45, 7) is 6.33. The average molecular weight is 777 g/mol. The van der Waals surface area contributed by atoms with Gasteiger partial charge in [0.05, 0.1) is 33.2 Å². The first-order valence-corrected chi connectivity index (χ1v) is 19.4. The number of nitrogens with zero attached hydrogens (tertiary/aromatic N) is 4. The summed E-state index contributed by atoms with van der Waals surface area (Å²) >= 11 is 0. The molecule has 0 aliphatic carbocycles. The molecule has 2 aliphatic heterocycles. The molecule has 8 rings (SSSR count). The fourth-order valence-corrected chi connectivity index (χ4v) is 7.93. The van der Waals surface area contributed by atoms with Crippen LogP contribution < -0.4 is 33.5 Å². The summed E-state index contributed by atoms with van der Waals surface area (Å²) in [7, 11) is 0. The molecular weight excluding hydrogens is 725 g/mol. The summed E-state index contributed by atoms with van der Waals surface area (Å²) in [5.41, 5.74) is 17.4. The molecule has 4 heterocycles. The fraction of sp³-hybridized carbons (Fsp3) is 0.333. The van der Waals surface area contributed by atoms with Crippen molar-refractivity contribution in [2.75, 3.05) is 63.8 Å². The number of carbonyl (C=O) groups is 2. The Bertz CT molecular complexity index is 2230. The minimum atomic E-state index is -0.140. The number of benzene rings is 4. The van der Waals surface area contributed by atoms with Gasteiger partial charge in [0.1, 0.15) is 0 Å². The number of carbonyl (C=O) groups excluding carboxylic acids is 2. The standard InChI is InChI=1S/2C21H25N5O2.H2O/c2*22-17-6-2-1-5-16(17)20(27)23-11-14-25-12-9-15(10-13-25)26-19-8-4-3-7-18(19)24-21(26)28;/h2*1-8,15H,9-14,22H2,(H,23,27)(H,24,28);1H2. The maximum absolute atomic E-state index is 12.4. The van der Waals surface area contributed by atoms with Crippen molar-refractivity contribution in [2.24, 2.45) is 0 Å². The molecule has 0 saturated carbocycles. The predicted octanol–water partition coefficient (Wildman–Crippen LogP) is 3.13. The number of H-pyrrole nitrogens is 2. The van der Waals surface area contributed by atoms with Gasteiger partial charge in [0.2, 0.25) is 0 Å². The minimum absolute atomic E-state index is 0. The number of para-hydroxylation sites is 6. The van der Waals surface area contributed by atoms with E-state index in [9.17, 15) is 19.2 Å². The van der Waals surface area contributed by atoms with Gasteiger partial charge in [-0.1, -0.05) is 48.5 Å². The number of amides is 2. The third-order valence-corrected chi connectivity index (χ3v) is 10.9. The van der Waals surface area contributed by atoms with Crippen molar-refractivity contribution >= 4 is 45.3 Å².